The molecule has 0 bridgehead atoms. The van der Waals surface area contributed by atoms with E-state index in [1.807, 2.05) is 38.1 Å². The van der Waals surface area contributed by atoms with Crippen LogP contribution >= 0.6 is 0 Å². The summed E-state index contributed by atoms with van der Waals surface area (Å²) in [6, 6.07) is 7.47. The second-order valence-electron chi connectivity index (χ2n) is 3.74. The van der Waals surface area contributed by atoms with E-state index in [1.54, 1.807) is 7.11 Å². The Balaban J connectivity index is 2.69. The number of ether oxygens (including phenoxy) is 2. The second kappa shape index (κ2) is 4.33. The summed E-state index contributed by atoms with van der Waals surface area (Å²) in [5.74, 6) is 1.63. The van der Waals surface area contributed by atoms with Crippen molar-refractivity contribution in [3.05, 3.63) is 24.3 Å². The molecule has 1 aromatic rings. The molecule has 0 aliphatic rings. The number of methoxy groups -OCH3 is 1. The van der Waals surface area contributed by atoms with E-state index in [4.69, 9.17) is 15.2 Å². The quantitative estimate of drug-likeness (QED) is 0.797. The fourth-order valence-electron chi connectivity index (χ4n) is 1.00. The van der Waals surface area contributed by atoms with Gasteiger partial charge in [0.2, 0.25) is 0 Å². The summed E-state index contributed by atoms with van der Waals surface area (Å²) < 4.78 is 10.7. The Morgan fingerprint density at radius 1 is 1.14 bits per heavy atom. The first-order chi connectivity index (χ1) is 6.57. The molecule has 0 spiro atoms. The van der Waals surface area contributed by atoms with Crippen LogP contribution in [0.4, 0.5) is 0 Å². The minimum atomic E-state index is -0.325. The van der Waals surface area contributed by atoms with Crippen LogP contribution < -0.4 is 15.2 Å². The van der Waals surface area contributed by atoms with Gasteiger partial charge in [-0.15, -0.1) is 0 Å². The normalized spacial score (nSPS) is 11.1. The molecular weight excluding hydrogens is 178 g/mol. The van der Waals surface area contributed by atoms with Crippen LogP contribution in [0.2, 0.25) is 0 Å². The van der Waals surface area contributed by atoms with Crippen LogP contribution in [0, 0.1) is 0 Å². The third-order valence-electron chi connectivity index (χ3n) is 1.95. The molecule has 0 fully saturated rings. The van der Waals surface area contributed by atoms with Crippen molar-refractivity contribution in [1.82, 2.24) is 0 Å². The minimum Gasteiger partial charge on any atom is -0.497 e. The van der Waals surface area contributed by atoms with E-state index in [2.05, 4.69) is 0 Å². The van der Waals surface area contributed by atoms with E-state index >= 15 is 0 Å². The van der Waals surface area contributed by atoms with Crippen molar-refractivity contribution < 1.29 is 9.47 Å². The zero-order valence-electron chi connectivity index (χ0n) is 8.91. The summed E-state index contributed by atoms with van der Waals surface area (Å²) in [5, 5.41) is 0. The Kier molecular flexibility index (Phi) is 3.36. The number of nitrogens with two attached hydrogens (primary N) is 1. The summed E-state index contributed by atoms with van der Waals surface area (Å²) in [7, 11) is 1.64. The predicted molar refractivity (Wildman–Crippen MR) is 56.8 cm³/mol. The Hall–Kier alpha value is -1.22. The molecular formula is C11H17NO2. The summed E-state index contributed by atoms with van der Waals surface area (Å²) >= 11 is 0. The summed E-state index contributed by atoms with van der Waals surface area (Å²) in [4.78, 5) is 0. The van der Waals surface area contributed by atoms with E-state index < -0.39 is 0 Å². The van der Waals surface area contributed by atoms with Gasteiger partial charge >= 0.3 is 0 Å². The van der Waals surface area contributed by atoms with Gasteiger partial charge in [0.15, 0.2) is 0 Å². The van der Waals surface area contributed by atoms with Crippen molar-refractivity contribution in [3.8, 4) is 11.5 Å². The van der Waals surface area contributed by atoms with Gasteiger partial charge < -0.3 is 15.2 Å². The van der Waals surface area contributed by atoms with Crippen LogP contribution in [-0.4, -0.2) is 19.3 Å². The maximum absolute atomic E-state index is 5.67. The molecule has 14 heavy (non-hydrogen) atoms. The zero-order chi connectivity index (χ0) is 10.6. The summed E-state index contributed by atoms with van der Waals surface area (Å²) in [6.07, 6.45) is 0. The lowest BCUT2D eigenvalue weighted by molar-refractivity contribution is 0.118. The molecule has 3 nitrogen and oxygen atoms in total. The first kappa shape index (κ1) is 10.9. The van der Waals surface area contributed by atoms with E-state index in [1.165, 1.54) is 0 Å². The lowest BCUT2D eigenvalue weighted by Gasteiger charge is -2.24. The fourth-order valence-corrected chi connectivity index (χ4v) is 1.00. The average Bonchev–Trinajstić information content (AvgIpc) is 2.19. The molecule has 0 saturated carbocycles. The Morgan fingerprint density at radius 3 is 2.07 bits per heavy atom. The highest BCUT2D eigenvalue weighted by Gasteiger charge is 2.16. The highest BCUT2D eigenvalue weighted by atomic mass is 16.5. The first-order valence-corrected chi connectivity index (χ1v) is 4.60. The van der Waals surface area contributed by atoms with Gasteiger partial charge in [-0.2, -0.15) is 0 Å². The standard InChI is InChI=1S/C11H17NO2/c1-11(2,8-12)14-10-6-4-9(13-3)5-7-10/h4-7H,8,12H2,1-3H3. The molecule has 0 amide bonds. The molecule has 1 rings (SSSR count). The van der Waals surface area contributed by atoms with Crippen LogP contribution in [-0.2, 0) is 0 Å². The van der Waals surface area contributed by atoms with Gasteiger partial charge in [0.1, 0.15) is 17.1 Å². The van der Waals surface area contributed by atoms with Gasteiger partial charge in [0.05, 0.1) is 7.11 Å². The van der Waals surface area contributed by atoms with Crippen LogP contribution in [0.1, 0.15) is 13.8 Å². The lowest BCUT2D eigenvalue weighted by atomic mass is 10.1. The average molecular weight is 195 g/mol. The van der Waals surface area contributed by atoms with Crippen molar-refractivity contribution in [3.63, 3.8) is 0 Å². The Morgan fingerprint density at radius 2 is 1.64 bits per heavy atom. The summed E-state index contributed by atoms with van der Waals surface area (Å²) in [5.41, 5.74) is 5.24. The SMILES string of the molecule is COc1ccc(OC(C)(C)CN)cc1. The van der Waals surface area contributed by atoms with Crippen LogP contribution in [0.15, 0.2) is 24.3 Å². The first-order valence-electron chi connectivity index (χ1n) is 4.60. The topological polar surface area (TPSA) is 44.5 Å². The molecule has 0 saturated heterocycles. The lowest BCUT2D eigenvalue weighted by Crippen LogP contribution is -2.37. The van der Waals surface area contributed by atoms with E-state index in [0.717, 1.165) is 11.5 Å². The van der Waals surface area contributed by atoms with Gasteiger partial charge in [-0.1, -0.05) is 0 Å². The Labute approximate surface area is 84.8 Å². The van der Waals surface area contributed by atoms with Crippen molar-refractivity contribution in [2.75, 3.05) is 13.7 Å². The van der Waals surface area contributed by atoms with Gasteiger partial charge in [-0.3, -0.25) is 0 Å². The van der Waals surface area contributed by atoms with Crippen molar-refractivity contribution in [2.45, 2.75) is 19.4 Å². The van der Waals surface area contributed by atoms with Gasteiger partial charge in [0.25, 0.3) is 0 Å². The van der Waals surface area contributed by atoms with Gasteiger partial charge in [0, 0.05) is 6.54 Å². The maximum Gasteiger partial charge on any atom is 0.120 e. The summed E-state index contributed by atoms with van der Waals surface area (Å²) in [6.45, 7) is 4.40. The Bertz CT molecular complexity index is 280. The van der Waals surface area contributed by atoms with Crippen molar-refractivity contribution >= 4 is 0 Å². The molecule has 0 atom stereocenters. The van der Waals surface area contributed by atoms with E-state index in [-0.39, 0.29) is 5.60 Å². The van der Waals surface area contributed by atoms with E-state index in [0.29, 0.717) is 6.54 Å². The minimum absolute atomic E-state index is 0.325. The number of benzene rings is 1. The number of rotatable bonds is 4. The molecule has 2 N–H and O–H groups in total. The molecule has 1 aromatic carbocycles. The van der Waals surface area contributed by atoms with E-state index in [9.17, 15) is 0 Å². The predicted octanol–water partition coefficient (Wildman–Crippen LogP) is 1.81. The van der Waals surface area contributed by atoms with Crippen molar-refractivity contribution in [2.24, 2.45) is 5.73 Å². The number of hydrogen-bond acceptors (Lipinski definition) is 3. The molecule has 0 radical (unpaired) electrons. The largest absolute Gasteiger partial charge is 0.497 e. The third kappa shape index (κ3) is 2.92. The molecule has 0 aliphatic carbocycles. The highest BCUT2D eigenvalue weighted by molar-refractivity contribution is 5.31. The monoisotopic (exact) mass is 195 g/mol. The molecule has 78 valence electrons. The number of hydrogen-bond donors (Lipinski definition) is 1. The zero-order valence-corrected chi connectivity index (χ0v) is 8.91. The third-order valence-corrected chi connectivity index (χ3v) is 1.95. The van der Waals surface area contributed by atoms with Gasteiger partial charge in [-0.25, -0.2) is 0 Å². The second-order valence-corrected chi connectivity index (χ2v) is 3.74. The molecule has 0 aliphatic heterocycles. The smallest absolute Gasteiger partial charge is 0.120 e. The molecule has 0 aromatic heterocycles. The fraction of sp³-hybridized carbons (Fsp3) is 0.455. The highest BCUT2D eigenvalue weighted by Crippen LogP contribution is 2.20. The molecule has 0 heterocycles. The maximum atomic E-state index is 5.67. The molecule has 0 unspecified atom stereocenters. The van der Waals surface area contributed by atoms with Crippen LogP contribution in [0.5, 0.6) is 11.5 Å². The van der Waals surface area contributed by atoms with Gasteiger partial charge in [-0.05, 0) is 38.1 Å². The van der Waals surface area contributed by atoms with Crippen molar-refractivity contribution in [1.29, 1.82) is 0 Å². The molecule has 3 heteroatoms. The van der Waals surface area contributed by atoms with Crippen LogP contribution in [0.3, 0.4) is 0 Å². The van der Waals surface area contributed by atoms with Crippen LogP contribution in [0.25, 0.3) is 0 Å².